The molecule has 4 aliphatic rings. The number of thiazole rings is 1. The normalized spacial score (nSPS) is 23.8. The Hall–Kier alpha value is -2.79. The van der Waals surface area contributed by atoms with E-state index < -0.39 is 11.8 Å². The van der Waals surface area contributed by atoms with E-state index in [0.29, 0.717) is 55.8 Å². The predicted molar refractivity (Wildman–Crippen MR) is 151 cm³/mol. The summed E-state index contributed by atoms with van der Waals surface area (Å²) in [6.07, 6.45) is 10.8. The summed E-state index contributed by atoms with van der Waals surface area (Å²) < 4.78 is 32.9. The Morgan fingerprint density at radius 1 is 1.12 bits per heavy atom. The van der Waals surface area contributed by atoms with Gasteiger partial charge in [-0.15, -0.1) is 0 Å². The molecule has 4 saturated carbocycles. The Morgan fingerprint density at radius 3 is 2.49 bits per heavy atom. The minimum Gasteiger partial charge on any atom is -0.478 e. The zero-order valence-corrected chi connectivity index (χ0v) is 24.3. The molecular formula is C29H26Cl2FN3O5S. The maximum Gasteiger partial charge on any atom is 0.337 e. The van der Waals surface area contributed by atoms with Crippen LogP contribution in [0.1, 0.15) is 79.0 Å². The largest absolute Gasteiger partial charge is 0.478 e. The van der Waals surface area contributed by atoms with Crippen LogP contribution in [0.25, 0.3) is 21.5 Å². The number of carbonyl (C=O) groups is 1. The summed E-state index contributed by atoms with van der Waals surface area (Å²) >= 11 is 14.1. The van der Waals surface area contributed by atoms with Crippen molar-refractivity contribution >= 4 is 50.7 Å². The molecule has 3 heterocycles. The second-order valence-electron chi connectivity index (χ2n) is 11.5. The highest BCUT2D eigenvalue weighted by molar-refractivity contribution is 7.20. The van der Waals surface area contributed by atoms with Gasteiger partial charge in [-0.05, 0) is 57.4 Å². The molecule has 1 N–H and O–H groups in total. The minimum absolute atomic E-state index is 0.00343. The van der Waals surface area contributed by atoms with Crippen molar-refractivity contribution in [2.24, 2.45) is 5.41 Å². The van der Waals surface area contributed by atoms with E-state index in [9.17, 15) is 14.3 Å². The molecule has 41 heavy (non-hydrogen) atoms. The third-order valence-corrected chi connectivity index (χ3v) is 10.5. The molecule has 1 aromatic carbocycles. The van der Waals surface area contributed by atoms with Crippen molar-refractivity contribution in [3.63, 3.8) is 0 Å². The summed E-state index contributed by atoms with van der Waals surface area (Å²) in [5.74, 6) is -0.610. The van der Waals surface area contributed by atoms with Gasteiger partial charge in [0.1, 0.15) is 17.3 Å². The van der Waals surface area contributed by atoms with E-state index in [2.05, 4.69) is 15.1 Å². The average Bonchev–Trinajstić information content (AvgIpc) is 3.59. The van der Waals surface area contributed by atoms with E-state index in [1.54, 1.807) is 12.4 Å². The van der Waals surface area contributed by atoms with Crippen LogP contribution in [0, 0.1) is 11.2 Å². The van der Waals surface area contributed by atoms with Crippen LogP contribution in [-0.2, 0) is 11.3 Å². The van der Waals surface area contributed by atoms with E-state index in [4.69, 9.17) is 37.2 Å². The number of halogens is 3. The summed E-state index contributed by atoms with van der Waals surface area (Å²) in [6.45, 7) is 0.853. The van der Waals surface area contributed by atoms with Crippen molar-refractivity contribution in [3.05, 3.63) is 57.3 Å². The van der Waals surface area contributed by atoms with Gasteiger partial charge in [0.25, 0.3) is 5.19 Å². The Labute approximate surface area is 248 Å². The highest BCUT2D eigenvalue weighted by Gasteiger charge is 2.50. The fourth-order valence-electron chi connectivity index (χ4n) is 6.26. The van der Waals surface area contributed by atoms with Gasteiger partial charge in [-0.2, -0.15) is 0 Å². The lowest BCUT2D eigenvalue weighted by Gasteiger charge is -2.52. The van der Waals surface area contributed by atoms with Gasteiger partial charge in [0.05, 0.1) is 44.6 Å². The van der Waals surface area contributed by atoms with Gasteiger partial charge in [-0.25, -0.2) is 14.2 Å². The number of benzene rings is 1. The van der Waals surface area contributed by atoms with E-state index in [1.807, 2.05) is 0 Å². The maximum atomic E-state index is 13.9. The third-order valence-electron chi connectivity index (χ3n) is 8.88. The summed E-state index contributed by atoms with van der Waals surface area (Å²) in [6, 6.07) is 2.26. The predicted octanol–water partition coefficient (Wildman–Crippen LogP) is 8.06. The number of aromatic nitrogens is 3. The van der Waals surface area contributed by atoms with Gasteiger partial charge in [0.15, 0.2) is 0 Å². The van der Waals surface area contributed by atoms with Crippen LogP contribution < -0.4 is 4.74 Å². The summed E-state index contributed by atoms with van der Waals surface area (Å²) in [4.78, 5) is 20.0. The summed E-state index contributed by atoms with van der Waals surface area (Å²) in [5, 5.41) is 15.0. The number of ether oxygens (including phenoxy) is 2. The lowest BCUT2D eigenvalue weighted by molar-refractivity contribution is -0.150. The standard InChI is InChI=1S/C29H26Cl2FN3O5S/c30-19-11-33-12-20(31)22(19)23-18(24(40-35-23)15-1-2-15)13-39-29-6-3-28(4-7-29,5-8-29)14-38-27-34-21-10-16(32)9-17(26(36)37)25(21)41-27/h9-12,15H,1-8,13-14H2,(H,36,37). The number of fused-ring (bicyclic) bond motifs is 4. The molecule has 0 radical (unpaired) electrons. The van der Waals surface area contributed by atoms with Crippen LogP contribution in [0.4, 0.5) is 4.39 Å². The number of nitrogens with zero attached hydrogens (tertiary/aromatic N) is 3. The second kappa shape index (κ2) is 10.2. The molecule has 0 amide bonds. The van der Waals surface area contributed by atoms with Crippen molar-refractivity contribution in [2.45, 2.75) is 69.5 Å². The molecule has 0 spiro atoms. The van der Waals surface area contributed by atoms with Gasteiger partial charge in [0, 0.05) is 40.9 Å². The van der Waals surface area contributed by atoms with Crippen molar-refractivity contribution < 1.29 is 28.3 Å². The lowest BCUT2D eigenvalue weighted by Crippen LogP contribution is -2.49. The lowest BCUT2D eigenvalue weighted by atomic mass is 9.59. The molecule has 214 valence electrons. The molecule has 4 aliphatic carbocycles. The summed E-state index contributed by atoms with van der Waals surface area (Å²) in [7, 11) is 0. The highest BCUT2D eigenvalue weighted by Crippen LogP contribution is 2.55. The molecule has 3 aromatic heterocycles. The fourth-order valence-corrected chi connectivity index (χ4v) is 7.71. The Balaban J connectivity index is 1.04. The van der Waals surface area contributed by atoms with Crippen molar-refractivity contribution in [1.29, 1.82) is 0 Å². The van der Waals surface area contributed by atoms with Gasteiger partial charge in [-0.1, -0.05) is 39.7 Å². The number of aromatic carboxylic acids is 1. The van der Waals surface area contributed by atoms with Crippen molar-refractivity contribution in [3.8, 4) is 16.5 Å². The average molecular weight is 619 g/mol. The molecule has 0 atom stereocenters. The molecular weight excluding hydrogens is 592 g/mol. The van der Waals surface area contributed by atoms with Crippen LogP contribution in [-0.4, -0.2) is 38.4 Å². The van der Waals surface area contributed by atoms with Crippen LogP contribution in [0.15, 0.2) is 29.0 Å². The zero-order valence-electron chi connectivity index (χ0n) is 21.9. The Bertz CT molecular complexity index is 1620. The second-order valence-corrected chi connectivity index (χ2v) is 13.2. The maximum absolute atomic E-state index is 13.9. The third kappa shape index (κ3) is 4.98. The van der Waals surface area contributed by atoms with Gasteiger partial charge in [0.2, 0.25) is 0 Å². The number of carboxylic acid groups (broad SMARTS) is 1. The minimum atomic E-state index is -1.19. The molecule has 0 unspecified atom stereocenters. The van der Waals surface area contributed by atoms with Crippen molar-refractivity contribution in [2.75, 3.05) is 6.61 Å². The summed E-state index contributed by atoms with van der Waals surface area (Å²) in [5.41, 5.74) is 2.12. The molecule has 8 rings (SSSR count). The molecule has 2 bridgehead atoms. The Kier molecular flexibility index (Phi) is 6.72. The van der Waals surface area contributed by atoms with Gasteiger partial charge in [-0.3, -0.25) is 4.98 Å². The fraction of sp³-hybridized carbons (Fsp3) is 0.448. The first-order valence-corrected chi connectivity index (χ1v) is 15.2. The molecule has 4 aromatic rings. The van der Waals surface area contributed by atoms with Crippen molar-refractivity contribution in [1.82, 2.24) is 15.1 Å². The number of carboxylic acids is 1. The molecule has 0 saturated heterocycles. The van der Waals surface area contributed by atoms with Gasteiger partial charge >= 0.3 is 5.97 Å². The van der Waals surface area contributed by atoms with Crippen LogP contribution in [0.2, 0.25) is 10.0 Å². The zero-order chi connectivity index (χ0) is 28.4. The Morgan fingerprint density at radius 2 is 1.83 bits per heavy atom. The number of pyridine rings is 1. The number of hydrogen-bond acceptors (Lipinski definition) is 8. The van der Waals surface area contributed by atoms with Gasteiger partial charge < -0.3 is 19.1 Å². The van der Waals surface area contributed by atoms with E-state index in [-0.39, 0.29) is 16.6 Å². The van der Waals surface area contributed by atoms with Crippen LogP contribution >= 0.6 is 34.5 Å². The quantitative estimate of drug-likeness (QED) is 0.201. The number of hydrogen-bond donors (Lipinski definition) is 1. The van der Waals surface area contributed by atoms with E-state index >= 15 is 0 Å². The van der Waals surface area contributed by atoms with E-state index in [0.717, 1.165) is 80.1 Å². The van der Waals surface area contributed by atoms with Crippen LogP contribution in [0.5, 0.6) is 5.19 Å². The molecule has 8 nitrogen and oxygen atoms in total. The van der Waals surface area contributed by atoms with Crippen LogP contribution in [0.3, 0.4) is 0 Å². The smallest absolute Gasteiger partial charge is 0.337 e. The molecule has 4 fully saturated rings. The highest BCUT2D eigenvalue weighted by atomic mass is 35.5. The molecule has 0 aliphatic heterocycles. The topological polar surface area (TPSA) is 108 Å². The SMILES string of the molecule is O=C(O)c1cc(F)cc2nc(OCC34CCC(OCc5c(-c6c(Cl)cncc6Cl)noc5C5CC5)(CC3)CC4)sc12. The first kappa shape index (κ1) is 27.1. The number of rotatable bonds is 9. The first-order chi connectivity index (χ1) is 19.7. The molecule has 12 heteroatoms. The monoisotopic (exact) mass is 617 g/mol. The van der Waals surface area contributed by atoms with E-state index in [1.165, 1.54) is 6.07 Å². The first-order valence-electron chi connectivity index (χ1n) is 13.6.